The molecule has 140 valence electrons. The maximum Gasteiger partial charge on any atom is 0.331 e. The van der Waals surface area contributed by atoms with Gasteiger partial charge in [-0.2, -0.15) is 10.2 Å². The van der Waals surface area contributed by atoms with Gasteiger partial charge in [-0.25, -0.2) is 9.48 Å². The zero-order valence-electron chi connectivity index (χ0n) is 15.1. The minimum Gasteiger partial charge on any atom is -0.494 e. The van der Waals surface area contributed by atoms with Crippen LogP contribution in [0.2, 0.25) is 0 Å². The molecule has 3 aromatic rings. The summed E-state index contributed by atoms with van der Waals surface area (Å²) in [5.74, 6) is -1.13. The molecule has 0 bridgehead atoms. The van der Waals surface area contributed by atoms with Crippen LogP contribution in [0.25, 0.3) is 5.69 Å². The summed E-state index contributed by atoms with van der Waals surface area (Å²) in [6, 6.07) is 6.01. The maximum absolute atomic E-state index is 12.6. The van der Waals surface area contributed by atoms with Gasteiger partial charge in [-0.05, 0) is 26.0 Å². The summed E-state index contributed by atoms with van der Waals surface area (Å²) in [5.41, 5.74) is 2.43. The van der Waals surface area contributed by atoms with E-state index in [0.717, 1.165) is 0 Å². The molecule has 0 saturated carbocycles. The Balaban J connectivity index is 1.86. The first-order valence-electron chi connectivity index (χ1n) is 8.15. The molecule has 1 amide bonds. The van der Waals surface area contributed by atoms with Crippen molar-refractivity contribution < 1.29 is 19.4 Å². The Kier molecular flexibility index (Phi) is 4.93. The van der Waals surface area contributed by atoms with E-state index >= 15 is 0 Å². The molecule has 0 aliphatic carbocycles. The lowest BCUT2D eigenvalue weighted by molar-refractivity contribution is -0.139. The Morgan fingerprint density at radius 2 is 2.04 bits per heavy atom. The van der Waals surface area contributed by atoms with Crippen molar-refractivity contribution in [3.05, 3.63) is 59.2 Å². The number of benzene rings is 1. The minimum absolute atomic E-state index is 0.228. The molecule has 0 saturated heterocycles. The average Bonchev–Trinajstić information content (AvgIpc) is 3.27. The molecule has 9 nitrogen and oxygen atoms in total. The number of carboxylic acids is 1. The third-order valence-electron chi connectivity index (χ3n) is 4.17. The summed E-state index contributed by atoms with van der Waals surface area (Å²) in [4.78, 5) is 24.3. The van der Waals surface area contributed by atoms with Crippen LogP contribution in [0, 0.1) is 13.8 Å². The van der Waals surface area contributed by atoms with Gasteiger partial charge in [-0.15, -0.1) is 0 Å². The predicted octanol–water partition coefficient (Wildman–Crippen LogP) is 1.78. The van der Waals surface area contributed by atoms with Crippen LogP contribution in [-0.4, -0.2) is 44.1 Å². The number of nitrogens with zero attached hydrogens (tertiary/aromatic N) is 3. The van der Waals surface area contributed by atoms with Crippen LogP contribution < -0.4 is 10.1 Å². The van der Waals surface area contributed by atoms with Gasteiger partial charge in [0.05, 0.1) is 24.6 Å². The minimum atomic E-state index is -1.22. The number of ether oxygens (including phenoxy) is 1. The molecule has 2 heterocycles. The Morgan fingerprint density at radius 3 is 2.67 bits per heavy atom. The Labute approximate surface area is 155 Å². The van der Waals surface area contributed by atoms with E-state index in [1.807, 2.05) is 12.1 Å². The number of carbonyl (C=O) groups is 2. The highest BCUT2D eigenvalue weighted by molar-refractivity contribution is 5.96. The highest BCUT2D eigenvalue weighted by Gasteiger charge is 2.28. The largest absolute Gasteiger partial charge is 0.494 e. The second kappa shape index (κ2) is 7.32. The van der Waals surface area contributed by atoms with Gasteiger partial charge >= 0.3 is 5.97 Å². The van der Waals surface area contributed by atoms with Gasteiger partial charge in [0.15, 0.2) is 6.04 Å². The van der Waals surface area contributed by atoms with Crippen molar-refractivity contribution in [3.8, 4) is 11.4 Å². The number of carboxylic acid groups (broad SMARTS) is 1. The van der Waals surface area contributed by atoms with E-state index in [1.165, 1.54) is 17.1 Å². The van der Waals surface area contributed by atoms with E-state index < -0.39 is 17.9 Å². The number of aliphatic carboxylic acids is 1. The highest BCUT2D eigenvalue weighted by atomic mass is 16.5. The van der Waals surface area contributed by atoms with Crippen molar-refractivity contribution in [2.75, 3.05) is 7.11 Å². The fourth-order valence-corrected chi connectivity index (χ4v) is 2.85. The highest BCUT2D eigenvalue weighted by Crippen LogP contribution is 2.23. The number of methoxy groups -OCH3 is 1. The molecule has 3 N–H and O–H groups in total. The SMILES string of the molecule is COc1ccccc1-n1cc(C(=O)N[C@@H](C(=O)O)c2c(C)n[nH]c2C)cn1. The summed E-state index contributed by atoms with van der Waals surface area (Å²) in [7, 11) is 1.54. The van der Waals surface area contributed by atoms with E-state index in [4.69, 9.17) is 4.74 Å². The third-order valence-corrected chi connectivity index (χ3v) is 4.17. The average molecular weight is 369 g/mol. The van der Waals surface area contributed by atoms with Crippen molar-refractivity contribution in [1.82, 2.24) is 25.3 Å². The van der Waals surface area contributed by atoms with Gasteiger partial charge in [-0.1, -0.05) is 12.1 Å². The molecule has 0 aliphatic heterocycles. The van der Waals surface area contributed by atoms with Crippen molar-refractivity contribution in [3.63, 3.8) is 0 Å². The van der Waals surface area contributed by atoms with Crippen LogP contribution in [-0.2, 0) is 4.79 Å². The van der Waals surface area contributed by atoms with E-state index in [1.54, 1.807) is 33.1 Å². The number of aromatic nitrogens is 4. The molecular formula is C18H19N5O4. The summed E-state index contributed by atoms with van der Waals surface area (Å²) in [6.07, 6.45) is 2.89. The number of H-pyrrole nitrogens is 1. The van der Waals surface area contributed by atoms with E-state index in [-0.39, 0.29) is 5.56 Å². The third kappa shape index (κ3) is 3.52. The molecule has 0 radical (unpaired) electrons. The van der Waals surface area contributed by atoms with Gasteiger partial charge < -0.3 is 15.2 Å². The lowest BCUT2D eigenvalue weighted by atomic mass is 10.0. The van der Waals surface area contributed by atoms with Crippen LogP contribution in [0.3, 0.4) is 0 Å². The molecule has 0 fully saturated rings. The molecule has 0 unspecified atom stereocenters. The Morgan fingerprint density at radius 1 is 1.30 bits per heavy atom. The van der Waals surface area contributed by atoms with Gasteiger partial charge in [0, 0.05) is 17.5 Å². The smallest absolute Gasteiger partial charge is 0.331 e. The molecular weight excluding hydrogens is 350 g/mol. The first-order valence-corrected chi connectivity index (χ1v) is 8.15. The monoisotopic (exact) mass is 369 g/mol. The van der Waals surface area contributed by atoms with E-state index in [2.05, 4.69) is 20.6 Å². The molecule has 27 heavy (non-hydrogen) atoms. The second-order valence-electron chi connectivity index (χ2n) is 5.94. The van der Waals surface area contributed by atoms with Crippen LogP contribution in [0.1, 0.15) is 33.4 Å². The number of carbonyl (C=O) groups excluding carboxylic acids is 1. The topological polar surface area (TPSA) is 122 Å². The van der Waals surface area contributed by atoms with E-state index in [9.17, 15) is 14.7 Å². The molecule has 1 aromatic carbocycles. The van der Waals surface area contributed by atoms with Gasteiger partial charge in [0.25, 0.3) is 5.91 Å². The lowest BCUT2D eigenvalue weighted by Gasteiger charge is -2.14. The van der Waals surface area contributed by atoms with Crippen LogP contribution in [0.15, 0.2) is 36.7 Å². The Bertz CT molecular complexity index is 972. The second-order valence-corrected chi connectivity index (χ2v) is 5.94. The summed E-state index contributed by atoms with van der Waals surface area (Å²) >= 11 is 0. The maximum atomic E-state index is 12.6. The van der Waals surface area contributed by atoms with Crippen molar-refractivity contribution in [2.24, 2.45) is 0 Å². The number of hydrogen-bond donors (Lipinski definition) is 3. The number of nitrogens with one attached hydrogen (secondary N) is 2. The molecule has 0 spiro atoms. The standard InChI is InChI=1S/C18H19N5O4/c1-10-15(11(2)22-21-10)16(18(25)26)20-17(24)12-8-19-23(9-12)13-6-4-5-7-14(13)27-3/h4-9,16H,1-3H3,(H,20,24)(H,21,22)(H,25,26)/t16-/m1/s1. The first-order chi connectivity index (χ1) is 12.9. The van der Waals surface area contributed by atoms with Gasteiger partial charge in [0.1, 0.15) is 11.4 Å². The van der Waals surface area contributed by atoms with Crippen molar-refractivity contribution >= 4 is 11.9 Å². The van der Waals surface area contributed by atoms with E-state index in [0.29, 0.717) is 28.4 Å². The fourth-order valence-electron chi connectivity index (χ4n) is 2.85. The zero-order valence-corrected chi connectivity index (χ0v) is 15.1. The van der Waals surface area contributed by atoms with Gasteiger partial charge in [-0.3, -0.25) is 9.89 Å². The van der Waals surface area contributed by atoms with Crippen LogP contribution in [0.5, 0.6) is 5.75 Å². The lowest BCUT2D eigenvalue weighted by Crippen LogP contribution is -2.34. The molecule has 9 heteroatoms. The summed E-state index contributed by atoms with van der Waals surface area (Å²) in [5, 5.41) is 23.0. The quantitative estimate of drug-likeness (QED) is 0.609. The van der Waals surface area contributed by atoms with Crippen molar-refractivity contribution in [2.45, 2.75) is 19.9 Å². The number of aryl methyl sites for hydroxylation is 2. The number of aromatic amines is 1. The van der Waals surface area contributed by atoms with Crippen molar-refractivity contribution in [1.29, 1.82) is 0 Å². The first kappa shape index (κ1) is 18.2. The predicted molar refractivity (Wildman–Crippen MR) is 96.0 cm³/mol. The molecule has 2 aromatic heterocycles. The Hall–Kier alpha value is -3.62. The molecule has 0 aliphatic rings. The summed E-state index contributed by atoms with van der Waals surface area (Å²) in [6.45, 7) is 3.39. The molecule has 1 atom stereocenters. The summed E-state index contributed by atoms with van der Waals surface area (Å²) < 4.78 is 6.79. The number of amides is 1. The number of rotatable bonds is 6. The molecule has 3 rings (SSSR count). The van der Waals surface area contributed by atoms with Crippen LogP contribution >= 0.6 is 0 Å². The zero-order chi connectivity index (χ0) is 19.6. The number of hydrogen-bond acceptors (Lipinski definition) is 5. The van der Waals surface area contributed by atoms with Gasteiger partial charge in [0.2, 0.25) is 0 Å². The fraction of sp³-hybridized carbons (Fsp3) is 0.222. The van der Waals surface area contributed by atoms with Crippen LogP contribution in [0.4, 0.5) is 0 Å². The normalized spacial score (nSPS) is 11.8. The number of para-hydroxylation sites is 2.